The average molecular weight is 225 g/mol. The Labute approximate surface area is 94.0 Å². The maximum Gasteiger partial charge on any atom is 0.240 e. The van der Waals surface area contributed by atoms with Gasteiger partial charge in [-0.15, -0.1) is 0 Å². The number of nitrogens with zero attached hydrogens (tertiary/aromatic N) is 1. The first kappa shape index (κ1) is 10.5. The lowest BCUT2D eigenvalue weighted by Gasteiger charge is -2.28. The van der Waals surface area contributed by atoms with Gasteiger partial charge in [-0.2, -0.15) is 0 Å². The molecule has 0 bridgehead atoms. The lowest BCUT2D eigenvalue weighted by molar-refractivity contribution is -0.118. The molecule has 2 rings (SSSR count). The molecule has 1 amide bonds. The van der Waals surface area contributed by atoms with Crippen molar-refractivity contribution in [1.82, 2.24) is 5.32 Å². The van der Waals surface area contributed by atoms with E-state index in [4.69, 9.17) is 11.6 Å². The standard InChI is InChI=1S/C11H13ClN2O/c1-8-9(12)3-2-4-10(8)14-6-5-13-7-11(14)15/h2-4,13H,5-7H2,1H3. The number of hydrogen-bond acceptors (Lipinski definition) is 2. The first-order valence-electron chi connectivity index (χ1n) is 4.96. The van der Waals surface area contributed by atoms with Crippen LogP contribution in [0.1, 0.15) is 5.56 Å². The Bertz CT molecular complexity index is 392. The third-order valence-corrected chi connectivity index (χ3v) is 3.03. The predicted molar refractivity (Wildman–Crippen MR) is 61.4 cm³/mol. The highest BCUT2D eigenvalue weighted by Gasteiger charge is 2.20. The van der Waals surface area contributed by atoms with Gasteiger partial charge in [0.2, 0.25) is 5.91 Å². The van der Waals surface area contributed by atoms with Gasteiger partial charge in [0.05, 0.1) is 6.54 Å². The zero-order valence-electron chi connectivity index (χ0n) is 8.59. The Morgan fingerprint density at radius 3 is 3.00 bits per heavy atom. The van der Waals surface area contributed by atoms with Crippen molar-refractivity contribution in [3.63, 3.8) is 0 Å². The van der Waals surface area contributed by atoms with Crippen LogP contribution in [0.5, 0.6) is 0 Å². The van der Waals surface area contributed by atoms with Gasteiger partial charge in [-0.3, -0.25) is 4.79 Å². The van der Waals surface area contributed by atoms with Crippen molar-refractivity contribution in [2.24, 2.45) is 0 Å². The van der Waals surface area contributed by atoms with E-state index >= 15 is 0 Å². The van der Waals surface area contributed by atoms with Crippen molar-refractivity contribution < 1.29 is 4.79 Å². The lowest BCUT2D eigenvalue weighted by Crippen LogP contribution is -2.48. The molecule has 0 aliphatic carbocycles. The highest BCUT2D eigenvalue weighted by Crippen LogP contribution is 2.26. The van der Waals surface area contributed by atoms with E-state index in [1.54, 1.807) is 4.90 Å². The molecule has 0 radical (unpaired) electrons. The van der Waals surface area contributed by atoms with Crippen LogP contribution in [-0.4, -0.2) is 25.5 Å². The summed E-state index contributed by atoms with van der Waals surface area (Å²) in [5.74, 6) is 0.103. The van der Waals surface area contributed by atoms with Crippen LogP contribution < -0.4 is 10.2 Å². The maximum absolute atomic E-state index is 11.7. The van der Waals surface area contributed by atoms with E-state index < -0.39 is 0 Å². The summed E-state index contributed by atoms with van der Waals surface area (Å²) in [5, 5.41) is 3.75. The fraction of sp³-hybridized carbons (Fsp3) is 0.364. The number of anilines is 1. The van der Waals surface area contributed by atoms with Crippen LogP contribution in [0.4, 0.5) is 5.69 Å². The summed E-state index contributed by atoms with van der Waals surface area (Å²) in [7, 11) is 0. The largest absolute Gasteiger partial charge is 0.310 e. The minimum absolute atomic E-state index is 0.103. The number of rotatable bonds is 1. The Hall–Kier alpha value is -1.06. The van der Waals surface area contributed by atoms with Crippen molar-refractivity contribution in [3.8, 4) is 0 Å². The van der Waals surface area contributed by atoms with Gasteiger partial charge in [0.1, 0.15) is 0 Å². The third-order valence-electron chi connectivity index (χ3n) is 2.62. The van der Waals surface area contributed by atoms with Gasteiger partial charge in [0.25, 0.3) is 0 Å². The van der Waals surface area contributed by atoms with Crippen LogP contribution in [-0.2, 0) is 4.79 Å². The van der Waals surface area contributed by atoms with Gasteiger partial charge in [-0.05, 0) is 24.6 Å². The minimum Gasteiger partial charge on any atom is -0.310 e. The minimum atomic E-state index is 0.103. The molecule has 1 fully saturated rings. The summed E-state index contributed by atoms with van der Waals surface area (Å²) < 4.78 is 0. The summed E-state index contributed by atoms with van der Waals surface area (Å²) in [5.41, 5.74) is 1.89. The monoisotopic (exact) mass is 224 g/mol. The molecule has 0 unspecified atom stereocenters. The number of benzene rings is 1. The van der Waals surface area contributed by atoms with E-state index in [9.17, 15) is 4.79 Å². The topological polar surface area (TPSA) is 32.3 Å². The highest BCUT2D eigenvalue weighted by atomic mass is 35.5. The molecular weight excluding hydrogens is 212 g/mol. The number of nitrogens with one attached hydrogen (secondary N) is 1. The van der Waals surface area contributed by atoms with E-state index in [0.29, 0.717) is 18.1 Å². The third kappa shape index (κ3) is 1.98. The second-order valence-corrected chi connectivity index (χ2v) is 4.01. The molecule has 1 N–H and O–H groups in total. The van der Waals surface area contributed by atoms with Crippen LogP contribution in [0.2, 0.25) is 5.02 Å². The molecular formula is C11H13ClN2O. The van der Waals surface area contributed by atoms with E-state index in [-0.39, 0.29) is 5.91 Å². The summed E-state index contributed by atoms with van der Waals surface area (Å²) in [6.45, 7) is 3.89. The van der Waals surface area contributed by atoms with Gasteiger partial charge in [0, 0.05) is 23.8 Å². The smallest absolute Gasteiger partial charge is 0.240 e. The number of piperazine rings is 1. The molecule has 1 saturated heterocycles. The number of halogens is 1. The predicted octanol–water partition coefficient (Wildman–Crippen LogP) is 1.58. The van der Waals surface area contributed by atoms with Crippen LogP contribution >= 0.6 is 11.6 Å². The zero-order chi connectivity index (χ0) is 10.8. The van der Waals surface area contributed by atoms with E-state index in [1.165, 1.54) is 0 Å². The molecule has 0 atom stereocenters. The van der Waals surface area contributed by atoms with Crippen molar-refractivity contribution in [1.29, 1.82) is 0 Å². The molecule has 0 saturated carbocycles. The Balaban J connectivity index is 2.35. The van der Waals surface area contributed by atoms with Crippen LogP contribution in [0.25, 0.3) is 0 Å². The normalized spacial score (nSPS) is 16.9. The fourth-order valence-electron chi connectivity index (χ4n) is 1.75. The second kappa shape index (κ2) is 4.21. The first-order valence-corrected chi connectivity index (χ1v) is 5.34. The zero-order valence-corrected chi connectivity index (χ0v) is 9.34. The van der Waals surface area contributed by atoms with E-state index in [2.05, 4.69) is 5.32 Å². The van der Waals surface area contributed by atoms with Crippen LogP contribution in [0, 0.1) is 6.92 Å². The molecule has 0 spiro atoms. The van der Waals surface area contributed by atoms with Crippen molar-refractivity contribution in [2.45, 2.75) is 6.92 Å². The summed E-state index contributed by atoms with van der Waals surface area (Å²) in [6.07, 6.45) is 0. The molecule has 1 aliphatic heterocycles. The lowest BCUT2D eigenvalue weighted by atomic mass is 10.1. The molecule has 1 heterocycles. The quantitative estimate of drug-likeness (QED) is 0.786. The Morgan fingerprint density at radius 2 is 2.27 bits per heavy atom. The van der Waals surface area contributed by atoms with Gasteiger partial charge in [-0.25, -0.2) is 0 Å². The molecule has 4 heteroatoms. The van der Waals surface area contributed by atoms with Gasteiger partial charge < -0.3 is 10.2 Å². The molecule has 3 nitrogen and oxygen atoms in total. The van der Waals surface area contributed by atoms with Gasteiger partial charge >= 0.3 is 0 Å². The fourth-order valence-corrected chi connectivity index (χ4v) is 1.92. The van der Waals surface area contributed by atoms with Crippen LogP contribution in [0.3, 0.4) is 0 Å². The summed E-state index contributed by atoms with van der Waals surface area (Å²) in [6, 6.07) is 5.65. The van der Waals surface area contributed by atoms with E-state index in [0.717, 1.165) is 17.8 Å². The molecule has 15 heavy (non-hydrogen) atoms. The van der Waals surface area contributed by atoms with Crippen molar-refractivity contribution >= 4 is 23.2 Å². The first-order chi connectivity index (χ1) is 7.20. The SMILES string of the molecule is Cc1c(Cl)cccc1N1CCNCC1=O. The average Bonchev–Trinajstić information content (AvgIpc) is 2.23. The highest BCUT2D eigenvalue weighted by molar-refractivity contribution is 6.31. The Kier molecular flexibility index (Phi) is 2.93. The van der Waals surface area contributed by atoms with Crippen molar-refractivity contribution in [3.05, 3.63) is 28.8 Å². The second-order valence-electron chi connectivity index (χ2n) is 3.61. The molecule has 80 valence electrons. The Morgan fingerprint density at radius 1 is 1.47 bits per heavy atom. The van der Waals surface area contributed by atoms with Crippen LogP contribution in [0.15, 0.2) is 18.2 Å². The molecule has 1 aromatic carbocycles. The summed E-state index contributed by atoms with van der Waals surface area (Å²) in [4.78, 5) is 13.5. The van der Waals surface area contributed by atoms with Gasteiger partial charge in [-0.1, -0.05) is 17.7 Å². The number of carbonyl (C=O) groups is 1. The van der Waals surface area contributed by atoms with Gasteiger partial charge in [0.15, 0.2) is 0 Å². The maximum atomic E-state index is 11.7. The molecule has 1 aromatic rings. The van der Waals surface area contributed by atoms with E-state index in [1.807, 2.05) is 25.1 Å². The summed E-state index contributed by atoms with van der Waals surface area (Å²) >= 11 is 6.03. The van der Waals surface area contributed by atoms with Crippen molar-refractivity contribution in [2.75, 3.05) is 24.5 Å². The molecule has 0 aromatic heterocycles. The number of hydrogen-bond donors (Lipinski definition) is 1. The molecule has 1 aliphatic rings. The number of amides is 1. The number of carbonyl (C=O) groups excluding carboxylic acids is 1.